The number of carbonyl (C=O) groups is 1. The first kappa shape index (κ1) is 21.3. The van der Waals surface area contributed by atoms with Gasteiger partial charge < -0.3 is 14.6 Å². The maximum Gasteiger partial charge on any atom is 0.261 e. The van der Waals surface area contributed by atoms with E-state index >= 15 is 0 Å². The van der Waals surface area contributed by atoms with Gasteiger partial charge in [0, 0.05) is 11.4 Å². The van der Waals surface area contributed by atoms with E-state index in [-0.39, 0.29) is 24.5 Å². The average molecular weight is 435 g/mol. The first-order valence-corrected chi connectivity index (χ1v) is 9.82. The summed E-state index contributed by atoms with van der Waals surface area (Å²) >= 11 is 12.0. The summed E-state index contributed by atoms with van der Waals surface area (Å²) in [6.07, 6.45) is 1.62. The summed E-state index contributed by atoms with van der Waals surface area (Å²) in [5, 5.41) is 11.2. The number of halogens is 2. The minimum Gasteiger partial charge on any atom is -0.491 e. The van der Waals surface area contributed by atoms with Crippen LogP contribution in [0.25, 0.3) is 10.9 Å². The molecule has 6 nitrogen and oxygen atoms in total. The smallest absolute Gasteiger partial charge is 0.261 e. The number of fused-ring (bicyclic) bond motifs is 1. The van der Waals surface area contributed by atoms with Gasteiger partial charge in [0.15, 0.2) is 0 Å². The normalized spacial score (nSPS) is 12.1. The fraction of sp³-hybridized carbons (Fsp3) is 0.286. The largest absolute Gasteiger partial charge is 0.491 e. The number of ether oxygens (including phenoxy) is 1. The predicted octanol–water partition coefficient (Wildman–Crippen LogP) is 3.66. The molecule has 0 bridgehead atoms. The Morgan fingerprint density at radius 1 is 1.24 bits per heavy atom. The van der Waals surface area contributed by atoms with Crippen molar-refractivity contribution < 1.29 is 14.6 Å². The van der Waals surface area contributed by atoms with Crippen LogP contribution in [-0.2, 0) is 17.8 Å². The second-order valence-electron chi connectivity index (χ2n) is 6.80. The number of Topliss-reactive ketones (excluding diaryl/α,β-unsaturated/α-hetero) is 1. The predicted molar refractivity (Wildman–Crippen MR) is 113 cm³/mol. The fourth-order valence-electron chi connectivity index (χ4n) is 2.87. The number of rotatable bonds is 8. The first-order chi connectivity index (χ1) is 13.8. The van der Waals surface area contributed by atoms with Crippen LogP contribution in [0.1, 0.15) is 18.9 Å². The minimum atomic E-state index is -0.918. The molecule has 0 aliphatic heterocycles. The highest BCUT2D eigenvalue weighted by molar-refractivity contribution is 6.38. The Kier molecular flexibility index (Phi) is 6.90. The van der Waals surface area contributed by atoms with Gasteiger partial charge in [0.2, 0.25) is 0 Å². The molecule has 152 valence electrons. The monoisotopic (exact) mass is 434 g/mol. The van der Waals surface area contributed by atoms with Crippen molar-refractivity contribution >= 4 is 39.9 Å². The number of aryl methyl sites for hydroxylation is 1. The molecule has 0 spiro atoms. The van der Waals surface area contributed by atoms with Crippen LogP contribution in [0.2, 0.25) is 10.0 Å². The van der Waals surface area contributed by atoms with Gasteiger partial charge in [-0.2, -0.15) is 0 Å². The van der Waals surface area contributed by atoms with Crippen molar-refractivity contribution in [3.05, 3.63) is 68.7 Å². The number of hydrogen-bond donors (Lipinski definition) is 1. The van der Waals surface area contributed by atoms with Crippen molar-refractivity contribution in [2.45, 2.75) is 32.4 Å². The van der Waals surface area contributed by atoms with E-state index in [2.05, 4.69) is 4.98 Å². The molecule has 0 radical (unpaired) electrons. The van der Waals surface area contributed by atoms with Gasteiger partial charge in [-0.25, -0.2) is 4.98 Å². The number of nitrogens with zero attached hydrogens (tertiary/aromatic N) is 2. The molecule has 0 aliphatic rings. The van der Waals surface area contributed by atoms with Crippen molar-refractivity contribution in [2.24, 2.45) is 0 Å². The van der Waals surface area contributed by atoms with Gasteiger partial charge in [-0.3, -0.25) is 9.36 Å². The molecule has 1 atom stereocenters. The summed E-state index contributed by atoms with van der Waals surface area (Å²) in [6, 6.07) is 10.4. The molecule has 29 heavy (non-hydrogen) atoms. The highest BCUT2D eigenvalue weighted by Gasteiger charge is 2.12. The first-order valence-electron chi connectivity index (χ1n) is 9.07. The molecular weight excluding hydrogens is 415 g/mol. The summed E-state index contributed by atoms with van der Waals surface area (Å²) < 4.78 is 6.89. The van der Waals surface area contributed by atoms with E-state index in [9.17, 15) is 14.7 Å². The van der Waals surface area contributed by atoms with Crippen LogP contribution in [0.4, 0.5) is 0 Å². The number of hydrogen-bond acceptors (Lipinski definition) is 5. The summed E-state index contributed by atoms with van der Waals surface area (Å²) in [5.41, 5.74) is 1.07. The van der Waals surface area contributed by atoms with E-state index in [1.165, 1.54) is 23.0 Å². The van der Waals surface area contributed by atoms with E-state index in [1.807, 2.05) is 12.1 Å². The second-order valence-corrected chi connectivity index (χ2v) is 7.64. The Bertz CT molecular complexity index is 1080. The lowest BCUT2D eigenvalue weighted by atomic mass is 10.1. The molecule has 3 aromatic rings. The third-order valence-corrected chi connectivity index (χ3v) is 4.89. The maximum atomic E-state index is 12.6. The molecule has 1 aromatic heterocycles. The van der Waals surface area contributed by atoms with Crippen LogP contribution in [0.3, 0.4) is 0 Å². The number of aliphatic hydroxyl groups is 1. The Morgan fingerprint density at radius 2 is 1.97 bits per heavy atom. The molecular formula is C21H20Cl2N2O4. The topological polar surface area (TPSA) is 81.4 Å². The van der Waals surface area contributed by atoms with Crippen molar-refractivity contribution in [1.82, 2.24) is 9.55 Å². The van der Waals surface area contributed by atoms with Crippen molar-refractivity contribution in [2.75, 3.05) is 6.61 Å². The number of aromatic nitrogens is 2. The molecule has 0 saturated heterocycles. The van der Waals surface area contributed by atoms with E-state index in [0.29, 0.717) is 39.5 Å². The Morgan fingerprint density at radius 3 is 2.66 bits per heavy atom. The number of aliphatic hydroxyl groups excluding tert-OH is 1. The van der Waals surface area contributed by atoms with Gasteiger partial charge >= 0.3 is 0 Å². The molecule has 0 amide bonds. The zero-order valence-electron chi connectivity index (χ0n) is 15.8. The molecule has 3 rings (SSSR count). The van der Waals surface area contributed by atoms with E-state index in [4.69, 9.17) is 27.9 Å². The quantitative estimate of drug-likeness (QED) is 0.584. The highest BCUT2D eigenvalue weighted by atomic mass is 35.5. The molecule has 2 aromatic carbocycles. The van der Waals surface area contributed by atoms with Gasteiger partial charge in [-0.1, -0.05) is 35.3 Å². The van der Waals surface area contributed by atoms with E-state index in [1.54, 1.807) is 19.1 Å². The summed E-state index contributed by atoms with van der Waals surface area (Å²) in [4.78, 5) is 27.9. The highest BCUT2D eigenvalue weighted by Crippen LogP contribution is 2.24. The zero-order valence-corrected chi connectivity index (χ0v) is 17.3. The number of benzene rings is 2. The zero-order chi connectivity index (χ0) is 21.0. The van der Waals surface area contributed by atoms with Crippen LogP contribution in [-0.4, -0.2) is 33.2 Å². The lowest BCUT2D eigenvalue weighted by molar-refractivity contribution is -0.116. The second kappa shape index (κ2) is 9.39. The molecule has 0 fully saturated rings. The lowest BCUT2D eigenvalue weighted by Crippen LogP contribution is -2.30. The van der Waals surface area contributed by atoms with E-state index < -0.39 is 6.10 Å². The van der Waals surface area contributed by atoms with Crippen LogP contribution in [0, 0.1) is 0 Å². The lowest BCUT2D eigenvalue weighted by Gasteiger charge is -2.14. The molecule has 1 heterocycles. The summed E-state index contributed by atoms with van der Waals surface area (Å²) in [7, 11) is 0. The molecule has 8 heteroatoms. The fourth-order valence-corrected chi connectivity index (χ4v) is 3.41. The Labute approximate surface area is 177 Å². The van der Waals surface area contributed by atoms with Gasteiger partial charge in [-0.05, 0) is 43.2 Å². The molecule has 1 N–H and O–H groups in total. The van der Waals surface area contributed by atoms with Crippen LogP contribution in [0.15, 0.2) is 47.5 Å². The summed E-state index contributed by atoms with van der Waals surface area (Å²) in [5.74, 6) is 0.745. The SMILES string of the molecule is CC(=O)CCc1ccc(OC[C@H](O)Cn2cnc3c(Cl)cc(Cl)cc3c2=O)cc1. The molecule has 0 aliphatic carbocycles. The van der Waals surface area contributed by atoms with Gasteiger partial charge in [0.25, 0.3) is 5.56 Å². The van der Waals surface area contributed by atoms with Gasteiger partial charge in [-0.15, -0.1) is 0 Å². The minimum absolute atomic E-state index is 0.00751. The van der Waals surface area contributed by atoms with Crippen molar-refractivity contribution in [3.63, 3.8) is 0 Å². The van der Waals surface area contributed by atoms with Crippen LogP contribution in [0.5, 0.6) is 5.75 Å². The number of ketones is 1. The maximum absolute atomic E-state index is 12.6. The Balaban J connectivity index is 1.62. The van der Waals surface area contributed by atoms with Crippen molar-refractivity contribution in [3.8, 4) is 5.75 Å². The molecule has 0 saturated carbocycles. The Hall–Kier alpha value is -2.41. The van der Waals surface area contributed by atoms with Crippen LogP contribution >= 0.6 is 23.2 Å². The van der Waals surface area contributed by atoms with E-state index in [0.717, 1.165) is 5.56 Å². The third-order valence-electron chi connectivity index (χ3n) is 4.38. The van der Waals surface area contributed by atoms with Crippen molar-refractivity contribution in [1.29, 1.82) is 0 Å². The van der Waals surface area contributed by atoms with Gasteiger partial charge in [0.05, 0.1) is 28.8 Å². The van der Waals surface area contributed by atoms with Crippen LogP contribution < -0.4 is 10.3 Å². The number of carbonyl (C=O) groups excluding carboxylic acids is 1. The van der Waals surface area contributed by atoms with Gasteiger partial charge in [0.1, 0.15) is 24.2 Å². The molecule has 0 unspecified atom stereocenters. The summed E-state index contributed by atoms with van der Waals surface area (Å²) in [6.45, 7) is 1.59. The third kappa shape index (κ3) is 5.56. The average Bonchev–Trinajstić information content (AvgIpc) is 2.68. The standard InChI is InChI=1S/C21H20Cl2N2O4/c1-13(26)2-3-14-4-6-17(7-5-14)29-11-16(27)10-25-12-24-20-18(21(25)28)8-15(22)9-19(20)23/h4-9,12,16,27H,2-3,10-11H2,1H3/t16-/m1/s1.